The van der Waals surface area contributed by atoms with Gasteiger partial charge in [0.2, 0.25) is 0 Å². The number of hydrogen-bond donors (Lipinski definition) is 5. The highest BCUT2D eigenvalue weighted by molar-refractivity contribution is 6.30. The molecule has 0 bridgehead atoms. The number of halogens is 1. The van der Waals surface area contributed by atoms with Crippen LogP contribution in [0.3, 0.4) is 0 Å². The van der Waals surface area contributed by atoms with Gasteiger partial charge in [-0.15, -0.1) is 0 Å². The van der Waals surface area contributed by atoms with Gasteiger partial charge in [-0.25, -0.2) is 9.78 Å². The average molecular weight is 510 g/mol. The van der Waals surface area contributed by atoms with Crippen molar-refractivity contribution >= 4 is 52.4 Å². The molecule has 3 aromatic rings. The van der Waals surface area contributed by atoms with Gasteiger partial charge >= 0.3 is 12.0 Å². The van der Waals surface area contributed by atoms with Gasteiger partial charge in [0.05, 0.1) is 16.7 Å². The van der Waals surface area contributed by atoms with Crippen molar-refractivity contribution in [3.63, 3.8) is 0 Å². The lowest BCUT2D eigenvalue weighted by Gasteiger charge is -2.19. The summed E-state index contributed by atoms with van der Waals surface area (Å²) in [5, 5.41) is 21.1. The first-order valence-electron chi connectivity index (χ1n) is 11.3. The van der Waals surface area contributed by atoms with Crippen LogP contribution in [0.1, 0.15) is 36.7 Å². The second-order valence-electron chi connectivity index (χ2n) is 8.75. The molecule has 0 spiro atoms. The summed E-state index contributed by atoms with van der Waals surface area (Å²) in [5.74, 6) is -1.04. The van der Waals surface area contributed by atoms with Crippen LogP contribution in [-0.2, 0) is 11.2 Å². The normalized spacial score (nSPS) is 10.9. The zero-order chi connectivity index (χ0) is 26.3. The fourth-order valence-corrected chi connectivity index (χ4v) is 3.53. The van der Waals surface area contributed by atoms with E-state index in [2.05, 4.69) is 26.3 Å². The number of aliphatic carboxylic acids is 1. The number of carboxylic acid groups (broad SMARTS) is 1. The number of nitrogens with one attached hydrogen (secondary N) is 4. The predicted molar refractivity (Wildman–Crippen MR) is 141 cm³/mol. The van der Waals surface area contributed by atoms with Crippen molar-refractivity contribution in [3.05, 3.63) is 76.9 Å². The van der Waals surface area contributed by atoms with E-state index in [0.717, 1.165) is 5.56 Å². The molecule has 188 valence electrons. The molecule has 5 N–H and O–H groups in total. The lowest BCUT2D eigenvalue weighted by molar-refractivity contribution is -0.146. The van der Waals surface area contributed by atoms with Gasteiger partial charge in [-0.2, -0.15) is 0 Å². The maximum absolute atomic E-state index is 13.1. The van der Waals surface area contributed by atoms with Gasteiger partial charge in [-0.3, -0.25) is 14.9 Å². The van der Waals surface area contributed by atoms with Crippen LogP contribution in [0, 0.1) is 5.41 Å². The van der Waals surface area contributed by atoms with Gasteiger partial charge in [0, 0.05) is 35.2 Å². The molecule has 3 amide bonds. The molecule has 0 saturated carbocycles. The number of rotatable bonds is 9. The van der Waals surface area contributed by atoms with Crippen LogP contribution >= 0.6 is 11.6 Å². The number of amides is 3. The number of carbonyl (C=O) groups excluding carboxylic acids is 2. The Morgan fingerprint density at radius 2 is 1.72 bits per heavy atom. The molecular weight excluding hydrogens is 482 g/mol. The van der Waals surface area contributed by atoms with Crippen molar-refractivity contribution in [1.82, 2.24) is 10.3 Å². The van der Waals surface area contributed by atoms with Crippen molar-refractivity contribution in [2.24, 2.45) is 5.41 Å². The number of benzene rings is 2. The Hall–Kier alpha value is -4.11. The number of carboxylic acids is 1. The molecule has 9 nitrogen and oxygen atoms in total. The minimum Gasteiger partial charge on any atom is -0.481 e. The molecule has 2 aromatic carbocycles. The largest absolute Gasteiger partial charge is 0.481 e. The Morgan fingerprint density at radius 3 is 2.36 bits per heavy atom. The van der Waals surface area contributed by atoms with Crippen LogP contribution < -0.4 is 21.3 Å². The second kappa shape index (κ2) is 11.5. The standard InChI is InChI=1S/C26H28ClN5O4/c1-4-28-25(36)32-22-13-21(30-19-7-5-6-17(27)12-19)20(15-29-22)23(33)31-18-10-8-16(9-11-18)14-26(2,3)24(34)35/h5-13,15H,4,14H2,1-3H3,(H,31,33)(H,34,35)(H3,28,29,30,32,36). The van der Waals surface area contributed by atoms with Gasteiger partial charge < -0.3 is 21.1 Å². The number of nitrogens with zero attached hydrogens (tertiary/aromatic N) is 1. The number of aromatic nitrogens is 1. The molecule has 1 aromatic heterocycles. The van der Waals surface area contributed by atoms with Gasteiger partial charge in [0.1, 0.15) is 5.82 Å². The molecule has 0 atom stereocenters. The third kappa shape index (κ3) is 7.19. The van der Waals surface area contributed by atoms with E-state index in [1.54, 1.807) is 75.4 Å². The fourth-order valence-electron chi connectivity index (χ4n) is 3.34. The van der Waals surface area contributed by atoms with Crippen molar-refractivity contribution in [2.45, 2.75) is 27.2 Å². The first-order chi connectivity index (χ1) is 17.1. The van der Waals surface area contributed by atoms with E-state index in [-0.39, 0.29) is 11.4 Å². The highest BCUT2D eigenvalue weighted by Crippen LogP contribution is 2.27. The molecule has 1 heterocycles. The summed E-state index contributed by atoms with van der Waals surface area (Å²) in [6, 6.07) is 15.1. The second-order valence-corrected chi connectivity index (χ2v) is 9.19. The number of pyridine rings is 1. The smallest absolute Gasteiger partial charge is 0.320 e. The van der Waals surface area contributed by atoms with Crippen LogP contribution in [-0.4, -0.2) is 34.5 Å². The molecule has 0 aliphatic heterocycles. The minimum atomic E-state index is -0.902. The Morgan fingerprint density at radius 1 is 1.00 bits per heavy atom. The van der Waals surface area contributed by atoms with Gasteiger partial charge in [0.15, 0.2) is 0 Å². The predicted octanol–water partition coefficient (Wildman–Crippen LogP) is 5.53. The van der Waals surface area contributed by atoms with E-state index < -0.39 is 23.3 Å². The van der Waals surface area contributed by atoms with Crippen LogP contribution in [0.2, 0.25) is 5.02 Å². The monoisotopic (exact) mass is 509 g/mol. The summed E-state index contributed by atoms with van der Waals surface area (Å²) in [4.78, 5) is 40.7. The van der Waals surface area contributed by atoms with E-state index in [1.807, 2.05) is 0 Å². The van der Waals surface area contributed by atoms with Crippen LogP contribution in [0.5, 0.6) is 0 Å². The summed E-state index contributed by atoms with van der Waals surface area (Å²) >= 11 is 6.10. The van der Waals surface area contributed by atoms with E-state index >= 15 is 0 Å². The van der Waals surface area contributed by atoms with Gasteiger partial charge in [0.25, 0.3) is 5.91 Å². The maximum Gasteiger partial charge on any atom is 0.320 e. The molecule has 0 radical (unpaired) electrons. The Balaban J connectivity index is 1.83. The first kappa shape index (κ1) is 26.5. The van der Waals surface area contributed by atoms with Gasteiger partial charge in [-0.05, 0) is 63.1 Å². The van der Waals surface area contributed by atoms with Crippen molar-refractivity contribution in [2.75, 3.05) is 22.5 Å². The van der Waals surface area contributed by atoms with Crippen molar-refractivity contribution in [3.8, 4) is 0 Å². The average Bonchev–Trinajstić information content (AvgIpc) is 2.80. The third-order valence-electron chi connectivity index (χ3n) is 5.27. The Kier molecular flexibility index (Phi) is 8.50. The summed E-state index contributed by atoms with van der Waals surface area (Å²) in [7, 11) is 0. The molecule has 3 rings (SSSR count). The zero-order valence-corrected chi connectivity index (χ0v) is 20.9. The lowest BCUT2D eigenvalue weighted by Crippen LogP contribution is -2.28. The topological polar surface area (TPSA) is 132 Å². The molecule has 0 saturated heterocycles. The molecule has 0 unspecified atom stereocenters. The van der Waals surface area contributed by atoms with Crippen LogP contribution in [0.15, 0.2) is 60.8 Å². The van der Waals surface area contributed by atoms with E-state index in [9.17, 15) is 19.5 Å². The Bertz CT molecular complexity index is 1260. The number of hydrogen-bond acceptors (Lipinski definition) is 5. The Labute approximate surface area is 214 Å². The lowest BCUT2D eigenvalue weighted by atomic mass is 9.86. The minimum absolute atomic E-state index is 0.243. The number of urea groups is 1. The summed E-state index contributed by atoms with van der Waals surface area (Å²) in [6.07, 6.45) is 1.72. The van der Waals surface area contributed by atoms with E-state index in [1.165, 1.54) is 6.20 Å². The third-order valence-corrected chi connectivity index (χ3v) is 5.50. The van der Waals surface area contributed by atoms with Crippen LogP contribution in [0.25, 0.3) is 0 Å². The number of carbonyl (C=O) groups is 3. The van der Waals surface area contributed by atoms with Crippen molar-refractivity contribution in [1.29, 1.82) is 0 Å². The molecular formula is C26H28ClN5O4. The fraction of sp³-hybridized carbons (Fsp3) is 0.231. The molecule has 0 aliphatic rings. The highest BCUT2D eigenvalue weighted by atomic mass is 35.5. The quantitative estimate of drug-likeness (QED) is 0.258. The van der Waals surface area contributed by atoms with Gasteiger partial charge in [-0.1, -0.05) is 29.8 Å². The zero-order valence-electron chi connectivity index (χ0n) is 20.2. The summed E-state index contributed by atoms with van der Waals surface area (Å²) in [5.41, 5.74) is 1.78. The van der Waals surface area contributed by atoms with Crippen LogP contribution in [0.4, 0.5) is 27.7 Å². The molecule has 0 aliphatic carbocycles. The molecule has 36 heavy (non-hydrogen) atoms. The van der Waals surface area contributed by atoms with E-state index in [0.29, 0.717) is 35.1 Å². The highest BCUT2D eigenvalue weighted by Gasteiger charge is 2.27. The number of anilines is 4. The van der Waals surface area contributed by atoms with E-state index in [4.69, 9.17) is 11.6 Å². The molecule has 0 fully saturated rings. The maximum atomic E-state index is 13.1. The summed E-state index contributed by atoms with van der Waals surface area (Å²) in [6.45, 7) is 5.58. The SMILES string of the molecule is CCNC(=O)Nc1cc(Nc2cccc(Cl)c2)c(C(=O)Nc2ccc(CC(C)(C)C(=O)O)cc2)cn1. The molecule has 10 heteroatoms. The van der Waals surface area contributed by atoms with Crippen molar-refractivity contribution < 1.29 is 19.5 Å². The summed E-state index contributed by atoms with van der Waals surface area (Å²) < 4.78 is 0. The first-order valence-corrected chi connectivity index (χ1v) is 11.7.